The van der Waals surface area contributed by atoms with E-state index in [1.807, 2.05) is 0 Å². The molecule has 0 aromatic carbocycles. The van der Waals surface area contributed by atoms with Crippen LogP contribution >= 0.6 is 34.5 Å². The van der Waals surface area contributed by atoms with Crippen LogP contribution in [0.3, 0.4) is 0 Å². The topological polar surface area (TPSA) is 54.6 Å². The van der Waals surface area contributed by atoms with Crippen molar-refractivity contribution in [3.63, 3.8) is 0 Å². The van der Waals surface area contributed by atoms with Crippen molar-refractivity contribution < 1.29 is 23.1 Å². The van der Waals surface area contributed by atoms with Crippen LogP contribution in [0.15, 0.2) is 24.4 Å². The largest absolute Gasteiger partial charge is 0.476 e. The van der Waals surface area contributed by atoms with Crippen LogP contribution < -0.4 is 0 Å². The Labute approximate surface area is 140 Å². The average Bonchev–Trinajstić information content (AvgIpc) is 3.01. The molecule has 0 unspecified atom stereocenters. The number of pyridine rings is 1. The Morgan fingerprint density at radius 3 is 2.52 bits per heavy atom. The molecule has 0 amide bonds. The highest BCUT2D eigenvalue weighted by Crippen LogP contribution is 2.39. The number of carbonyl (C=O) groups is 1. The zero-order valence-electron chi connectivity index (χ0n) is 10.9. The third kappa shape index (κ3) is 2.77. The molecule has 0 saturated carbocycles. The zero-order chi connectivity index (χ0) is 16.9. The molecule has 4 nitrogen and oxygen atoms in total. The van der Waals surface area contributed by atoms with Crippen LogP contribution in [0.2, 0.25) is 9.49 Å². The van der Waals surface area contributed by atoms with Gasteiger partial charge in [0.1, 0.15) is 5.15 Å². The first-order chi connectivity index (χ1) is 10.7. The molecule has 23 heavy (non-hydrogen) atoms. The van der Waals surface area contributed by atoms with Crippen molar-refractivity contribution in [1.82, 2.24) is 9.38 Å². The Kier molecular flexibility index (Phi) is 3.78. The van der Waals surface area contributed by atoms with E-state index < -0.39 is 34.2 Å². The summed E-state index contributed by atoms with van der Waals surface area (Å²) < 4.78 is 41.2. The van der Waals surface area contributed by atoms with Crippen molar-refractivity contribution in [2.24, 2.45) is 0 Å². The Hall–Kier alpha value is -1.77. The SMILES string of the molecule is O=C(O)c1nc2c(C(F)(F)F)cc(-c3ccc(Cl)s3)cn2c1Cl. The number of rotatable bonds is 2. The van der Waals surface area contributed by atoms with Gasteiger partial charge in [-0.05, 0) is 18.2 Å². The van der Waals surface area contributed by atoms with Gasteiger partial charge in [-0.15, -0.1) is 11.3 Å². The van der Waals surface area contributed by atoms with Gasteiger partial charge < -0.3 is 5.11 Å². The number of carboxylic acids is 1. The number of alkyl halides is 3. The predicted octanol–water partition coefficient (Wildman–Crippen LogP) is 5.09. The van der Waals surface area contributed by atoms with Gasteiger partial charge in [0.15, 0.2) is 11.3 Å². The van der Waals surface area contributed by atoms with E-state index in [-0.39, 0.29) is 5.56 Å². The number of hydrogen-bond donors (Lipinski definition) is 1. The standard InChI is InChI=1S/C13H5Cl2F3N2O2S/c14-8-2-1-7(23-8)5-3-6(13(16,17)18)11-19-9(12(21)22)10(15)20(11)4-5/h1-4H,(H,21,22). The Bertz CT molecular complexity index is 933. The maximum absolute atomic E-state index is 13.3. The quantitative estimate of drug-likeness (QED) is 0.673. The number of carboxylic acid groups (broad SMARTS) is 1. The lowest BCUT2D eigenvalue weighted by Crippen LogP contribution is -2.08. The summed E-state index contributed by atoms with van der Waals surface area (Å²) in [5.41, 5.74) is -2.07. The molecule has 1 N–H and O–H groups in total. The molecule has 0 bridgehead atoms. The number of aromatic carboxylic acids is 1. The molecular formula is C13H5Cl2F3N2O2S. The van der Waals surface area contributed by atoms with Crippen LogP contribution in [0.25, 0.3) is 16.1 Å². The minimum Gasteiger partial charge on any atom is -0.476 e. The maximum atomic E-state index is 13.3. The third-order valence-electron chi connectivity index (χ3n) is 3.03. The number of halogens is 5. The minimum absolute atomic E-state index is 0.206. The van der Waals surface area contributed by atoms with Crippen LogP contribution in [0.1, 0.15) is 16.1 Å². The maximum Gasteiger partial charge on any atom is 0.420 e. The van der Waals surface area contributed by atoms with Crippen molar-refractivity contribution in [2.75, 3.05) is 0 Å². The second kappa shape index (κ2) is 5.40. The van der Waals surface area contributed by atoms with Gasteiger partial charge in [-0.2, -0.15) is 13.2 Å². The van der Waals surface area contributed by atoms with Gasteiger partial charge in [0.05, 0.1) is 9.90 Å². The smallest absolute Gasteiger partial charge is 0.420 e. The summed E-state index contributed by atoms with van der Waals surface area (Å²) in [5, 5.41) is 8.59. The van der Waals surface area contributed by atoms with E-state index in [4.69, 9.17) is 28.3 Å². The van der Waals surface area contributed by atoms with Gasteiger partial charge in [0.25, 0.3) is 0 Å². The summed E-state index contributed by atoms with van der Waals surface area (Å²) in [7, 11) is 0. The molecule has 0 aliphatic rings. The fraction of sp³-hybridized carbons (Fsp3) is 0.0769. The zero-order valence-corrected chi connectivity index (χ0v) is 13.2. The monoisotopic (exact) mass is 380 g/mol. The Balaban J connectivity index is 2.37. The van der Waals surface area contributed by atoms with Crippen LogP contribution in [0.4, 0.5) is 13.2 Å². The van der Waals surface area contributed by atoms with Crippen molar-refractivity contribution in [1.29, 1.82) is 0 Å². The fourth-order valence-corrected chi connectivity index (χ4v) is 3.34. The molecule has 0 fully saturated rings. The van der Waals surface area contributed by atoms with Crippen LogP contribution in [0.5, 0.6) is 0 Å². The van der Waals surface area contributed by atoms with E-state index in [2.05, 4.69) is 4.98 Å². The average molecular weight is 381 g/mol. The first-order valence-electron chi connectivity index (χ1n) is 5.96. The second-order valence-electron chi connectivity index (χ2n) is 4.49. The molecule has 3 rings (SSSR count). The molecule has 0 spiro atoms. The number of imidazole rings is 1. The molecule has 10 heteroatoms. The van der Waals surface area contributed by atoms with Crippen molar-refractivity contribution in [3.8, 4) is 10.4 Å². The summed E-state index contributed by atoms with van der Waals surface area (Å²) >= 11 is 12.8. The minimum atomic E-state index is -4.72. The Morgan fingerprint density at radius 2 is 2.00 bits per heavy atom. The lowest BCUT2D eigenvalue weighted by molar-refractivity contribution is -0.136. The molecule has 0 radical (unpaired) electrons. The van der Waals surface area contributed by atoms with Gasteiger partial charge in [0.2, 0.25) is 0 Å². The summed E-state index contributed by atoms with van der Waals surface area (Å²) in [4.78, 5) is 15.1. The molecule has 0 saturated heterocycles. The third-order valence-corrected chi connectivity index (χ3v) is 4.67. The van der Waals surface area contributed by atoms with Crippen molar-refractivity contribution >= 4 is 46.2 Å². The van der Waals surface area contributed by atoms with Gasteiger partial charge >= 0.3 is 12.1 Å². The van der Waals surface area contributed by atoms with E-state index in [1.165, 1.54) is 6.20 Å². The molecule has 3 aromatic heterocycles. The van der Waals surface area contributed by atoms with E-state index in [0.717, 1.165) is 21.8 Å². The molecular weight excluding hydrogens is 376 g/mol. The van der Waals surface area contributed by atoms with Crippen LogP contribution in [-0.4, -0.2) is 20.5 Å². The fourth-order valence-electron chi connectivity index (χ4n) is 2.07. The van der Waals surface area contributed by atoms with Crippen molar-refractivity contribution in [2.45, 2.75) is 6.18 Å². The molecule has 3 heterocycles. The molecule has 0 atom stereocenters. The molecule has 0 aliphatic carbocycles. The molecule has 3 aromatic rings. The highest BCUT2D eigenvalue weighted by Gasteiger charge is 2.36. The van der Waals surface area contributed by atoms with E-state index in [0.29, 0.717) is 9.21 Å². The highest BCUT2D eigenvalue weighted by molar-refractivity contribution is 7.19. The van der Waals surface area contributed by atoms with E-state index in [9.17, 15) is 18.0 Å². The summed E-state index contributed by atoms with van der Waals surface area (Å²) in [6.07, 6.45) is -3.42. The normalized spacial score (nSPS) is 12.0. The lowest BCUT2D eigenvalue weighted by Gasteiger charge is -2.10. The predicted molar refractivity (Wildman–Crippen MR) is 80.5 cm³/mol. The first kappa shape index (κ1) is 16.1. The van der Waals surface area contributed by atoms with E-state index in [1.54, 1.807) is 12.1 Å². The molecule has 120 valence electrons. The highest BCUT2D eigenvalue weighted by atomic mass is 35.5. The van der Waals surface area contributed by atoms with Crippen LogP contribution in [0, 0.1) is 0 Å². The first-order valence-corrected chi connectivity index (χ1v) is 7.53. The number of thiophene rings is 1. The Morgan fingerprint density at radius 1 is 1.30 bits per heavy atom. The second-order valence-corrected chi connectivity index (χ2v) is 6.57. The number of aromatic nitrogens is 2. The summed E-state index contributed by atoms with van der Waals surface area (Å²) in [5.74, 6) is -1.51. The lowest BCUT2D eigenvalue weighted by atomic mass is 10.1. The molecule has 0 aliphatic heterocycles. The van der Waals surface area contributed by atoms with Crippen LogP contribution in [-0.2, 0) is 6.18 Å². The van der Waals surface area contributed by atoms with Crippen molar-refractivity contribution in [3.05, 3.63) is 45.1 Å². The summed E-state index contributed by atoms with van der Waals surface area (Å²) in [6.45, 7) is 0. The number of nitrogens with zero attached hydrogens (tertiary/aromatic N) is 2. The van der Waals surface area contributed by atoms with E-state index >= 15 is 0 Å². The van der Waals surface area contributed by atoms with Gasteiger partial charge in [-0.25, -0.2) is 9.78 Å². The number of fused-ring (bicyclic) bond motifs is 1. The summed E-state index contributed by atoms with van der Waals surface area (Å²) in [6, 6.07) is 4.01. The van der Waals surface area contributed by atoms with Gasteiger partial charge in [-0.3, -0.25) is 4.40 Å². The number of hydrogen-bond acceptors (Lipinski definition) is 3. The van der Waals surface area contributed by atoms with Gasteiger partial charge in [0, 0.05) is 16.6 Å². The van der Waals surface area contributed by atoms with Gasteiger partial charge in [-0.1, -0.05) is 23.2 Å².